The maximum atomic E-state index is 12.4. The summed E-state index contributed by atoms with van der Waals surface area (Å²) >= 11 is 0. The van der Waals surface area contributed by atoms with Crippen LogP contribution in [0, 0.1) is 5.92 Å². The number of carboxylic acids is 1. The van der Waals surface area contributed by atoms with Crippen molar-refractivity contribution in [1.82, 2.24) is 10.2 Å². The molecule has 1 rings (SSSR count). The minimum absolute atomic E-state index is 0.171. The molecule has 1 fully saturated rings. The number of carbonyl (C=O) groups excluding carboxylic acids is 1. The quantitative estimate of drug-likeness (QED) is 0.779. The molecule has 0 aromatic carbocycles. The van der Waals surface area contributed by atoms with Crippen molar-refractivity contribution < 1.29 is 19.4 Å². The van der Waals surface area contributed by atoms with Gasteiger partial charge in [-0.3, -0.25) is 4.79 Å². The molecule has 116 valence electrons. The highest BCUT2D eigenvalue weighted by Crippen LogP contribution is 2.21. The first kappa shape index (κ1) is 16.8. The summed E-state index contributed by atoms with van der Waals surface area (Å²) < 4.78 is 5.26. The summed E-state index contributed by atoms with van der Waals surface area (Å²) in [5, 5.41) is 12.2. The molecular weight excluding hydrogens is 260 g/mol. The van der Waals surface area contributed by atoms with Crippen molar-refractivity contribution in [3.8, 4) is 0 Å². The molecule has 6 nitrogen and oxygen atoms in total. The molecule has 2 N–H and O–H groups in total. The van der Waals surface area contributed by atoms with Crippen LogP contribution in [0.15, 0.2) is 0 Å². The summed E-state index contributed by atoms with van der Waals surface area (Å²) in [5.41, 5.74) is -0.304. The van der Waals surface area contributed by atoms with Crippen LogP contribution in [0.25, 0.3) is 0 Å². The van der Waals surface area contributed by atoms with Crippen molar-refractivity contribution in [2.45, 2.75) is 52.1 Å². The third-order valence-corrected chi connectivity index (χ3v) is 3.82. The fraction of sp³-hybridized carbons (Fsp3) is 0.857. The first-order valence-corrected chi connectivity index (χ1v) is 7.21. The summed E-state index contributed by atoms with van der Waals surface area (Å²) in [6.45, 7) is 8.87. The lowest BCUT2D eigenvalue weighted by Crippen LogP contribution is -2.55. The van der Waals surface area contributed by atoms with Crippen molar-refractivity contribution in [1.29, 1.82) is 0 Å². The fourth-order valence-corrected chi connectivity index (χ4v) is 2.19. The van der Waals surface area contributed by atoms with E-state index in [1.165, 1.54) is 0 Å². The van der Waals surface area contributed by atoms with Crippen molar-refractivity contribution >= 4 is 12.0 Å². The second-order valence-electron chi connectivity index (χ2n) is 5.91. The van der Waals surface area contributed by atoms with Gasteiger partial charge in [-0.15, -0.1) is 0 Å². The fourth-order valence-electron chi connectivity index (χ4n) is 2.19. The number of nitrogens with zero attached hydrogens (tertiary/aromatic N) is 1. The van der Waals surface area contributed by atoms with Crippen molar-refractivity contribution in [3.05, 3.63) is 0 Å². The number of carbonyl (C=O) groups is 2. The number of rotatable bonds is 6. The monoisotopic (exact) mass is 286 g/mol. The molecule has 1 saturated heterocycles. The van der Waals surface area contributed by atoms with Crippen LogP contribution in [0.1, 0.15) is 40.5 Å². The number of hydrogen-bond donors (Lipinski definition) is 2. The molecule has 20 heavy (non-hydrogen) atoms. The summed E-state index contributed by atoms with van der Waals surface area (Å²) in [6.07, 6.45) is 1.59. The molecule has 1 aliphatic rings. The number of aliphatic carboxylic acids is 1. The molecule has 1 aliphatic heterocycles. The third-order valence-electron chi connectivity index (χ3n) is 3.82. The average molecular weight is 286 g/mol. The van der Waals surface area contributed by atoms with E-state index in [2.05, 4.69) is 5.32 Å². The Labute approximate surface area is 120 Å². The van der Waals surface area contributed by atoms with E-state index < -0.39 is 11.9 Å². The zero-order valence-corrected chi connectivity index (χ0v) is 12.8. The maximum Gasteiger partial charge on any atom is 0.318 e. The van der Waals surface area contributed by atoms with E-state index >= 15 is 0 Å². The van der Waals surface area contributed by atoms with Gasteiger partial charge >= 0.3 is 12.0 Å². The molecule has 2 atom stereocenters. The number of urea groups is 1. The van der Waals surface area contributed by atoms with Crippen LogP contribution in [-0.2, 0) is 9.53 Å². The number of amides is 2. The van der Waals surface area contributed by atoms with E-state index in [9.17, 15) is 14.7 Å². The predicted octanol–water partition coefficient (Wildman–Crippen LogP) is 1.70. The first-order chi connectivity index (χ1) is 9.32. The van der Waals surface area contributed by atoms with Gasteiger partial charge in [0, 0.05) is 12.1 Å². The molecule has 6 heteroatoms. The lowest BCUT2D eigenvalue weighted by Gasteiger charge is -2.34. The minimum Gasteiger partial charge on any atom is -0.481 e. The smallest absolute Gasteiger partial charge is 0.318 e. The SMILES string of the molecule is CCCN(C(=O)NC(C)(C)CC)C1COCC1C(=O)O. The van der Waals surface area contributed by atoms with Gasteiger partial charge in [-0.2, -0.15) is 0 Å². The predicted molar refractivity (Wildman–Crippen MR) is 75.6 cm³/mol. The molecule has 0 aromatic rings. The van der Waals surface area contributed by atoms with Crippen LogP contribution in [0.4, 0.5) is 4.79 Å². The first-order valence-electron chi connectivity index (χ1n) is 7.21. The Balaban J connectivity index is 2.82. The summed E-state index contributed by atoms with van der Waals surface area (Å²) in [4.78, 5) is 25.3. The number of hydrogen-bond acceptors (Lipinski definition) is 3. The topological polar surface area (TPSA) is 78.9 Å². The lowest BCUT2D eigenvalue weighted by atomic mass is 10.0. The Hall–Kier alpha value is -1.30. The Morgan fingerprint density at radius 3 is 2.50 bits per heavy atom. The van der Waals surface area contributed by atoms with Crippen molar-refractivity contribution in [2.24, 2.45) is 5.92 Å². The van der Waals surface area contributed by atoms with Gasteiger partial charge in [-0.25, -0.2) is 4.79 Å². The molecule has 0 aromatic heterocycles. The second kappa shape index (κ2) is 6.92. The van der Waals surface area contributed by atoms with E-state index in [-0.39, 0.29) is 30.8 Å². The van der Waals surface area contributed by atoms with Crippen LogP contribution in [0.3, 0.4) is 0 Å². The Kier molecular flexibility index (Phi) is 5.80. The molecule has 2 amide bonds. The number of ether oxygens (including phenoxy) is 1. The largest absolute Gasteiger partial charge is 0.481 e. The van der Waals surface area contributed by atoms with E-state index in [0.717, 1.165) is 12.8 Å². The van der Waals surface area contributed by atoms with Gasteiger partial charge in [0.15, 0.2) is 0 Å². The molecule has 0 saturated carbocycles. The van der Waals surface area contributed by atoms with Gasteiger partial charge in [0.05, 0.1) is 19.3 Å². The van der Waals surface area contributed by atoms with Crippen LogP contribution >= 0.6 is 0 Å². The van der Waals surface area contributed by atoms with Gasteiger partial charge in [-0.1, -0.05) is 13.8 Å². The van der Waals surface area contributed by atoms with Crippen LogP contribution in [0.5, 0.6) is 0 Å². The van der Waals surface area contributed by atoms with Crippen molar-refractivity contribution in [3.63, 3.8) is 0 Å². The highest BCUT2D eigenvalue weighted by atomic mass is 16.5. The highest BCUT2D eigenvalue weighted by Gasteiger charge is 2.40. The molecule has 1 heterocycles. The summed E-state index contributed by atoms with van der Waals surface area (Å²) in [5.74, 6) is -1.55. The van der Waals surface area contributed by atoms with Gasteiger partial charge in [0.2, 0.25) is 0 Å². The molecule has 2 unspecified atom stereocenters. The van der Waals surface area contributed by atoms with E-state index in [0.29, 0.717) is 6.54 Å². The summed E-state index contributed by atoms with van der Waals surface area (Å²) in [6, 6.07) is -0.597. The Bertz CT molecular complexity index is 357. The molecule has 0 aliphatic carbocycles. The van der Waals surface area contributed by atoms with Gasteiger partial charge in [0.25, 0.3) is 0 Å². The highest BCUT2D eigenvalue weighted by molar-refractivity contribution is 5.77. The standard InChI is InChI=1S/C14H26N2O4/c1-5-7-16(13(19)15-14(3,4)6-2)11-9-20-8-10(11)12(17)18/h10-11H,5-9H2,1-4H3,(H,15,19)(H,17,18). The zero-order chi connectivity index (χ0) is 15.3. The molecule has 0 bridgehead atoms. The number of nitrogens with one attached hydrogen (secondary N) is 1. The maximum absolute atomic E-state index is 12.4. The van der Waals surface area contributed by atoms with Crippen LogP contribution < -0.4 is 5.32 Å². The molecule has 0 radical (unpaired) electrons. The third kappa shape index (κ3) is 4.10. The van der Waals surface area contributed by atoms with Crippen LogP contribution in [0.2, 0.25) is 0 Å². The number of carboxylic acid groups (broad SMARTS) is 1. The van der Waals surface area contributed by atoms with Crippen LogP contribution in [-0.4, -0.2) is 53.3 Å². The van der Waals surface area contributed by atoms with E-state index in [1.54, 1.807) is 4.90 Å². The average Bonchev–Trinajstić information content (AvgIpc) is 2.84. The van der Waals surface area contributed by atoms with E-state index in [4.69, 9.17) is 4.74 Å². The minimum atomic E-state index is -0.906. The Morgan fingerprint density at radius 2 is 2.00 bits per heavy atom. The van der Waals surface area contributed by atoms with E-state index in [1.807, 2.05) is 27.7 Å². The Morgan fingerprint density at radius 1 is 1.35 bits per heavy atom. The van der Waals surface area contributed by atoms with Gasteiger partial charge in [-0.05, 0) is 26.7 Å². The second-order valence-corrected chi connectivity index (χ2v) is 5.91. The van der Waals surface area contributed by atoms with Gasteiger partial charge in [0.1, 0.15) is 5.92 Å². The van der Waals surface area contributed by atoms with Crippen molar-refractivity contribution in [2.75, 3.05) is 19.8 Å². The lowest BCUT2D eigenvalue weighted by molar-refractivity contribution is -0.142. The zero-order valence-electron chi connectivity index (χ0n) is 12.8. The molecular formula is C14H26N2O4. The summed E-state index contributed by atoms with van der Waals surface area (Å²) in [7, 11) is 0. The molecule has 0 spiro atoms. The normalized spacial score (nSPS) is 22.6. The van der Waals surface area contributed by atoms with Gasteiger partial charge < -0.3 is 20.1 Å².